The Hall–Kier alpha value is -0.400. The van der Waals surface area contributed by atoms with Crippen LogP contribution in [0.4, 0.5) is 4.39 Å². The van der Waals surface area contributed by atoms with E-state index in [0.29, 0.717) is 5.78 Å². The van der Waals surface area contributed by atoms with Gasteiger partial charge in [0, 0.05) is 12.8 Å². The first kappa shape index (κ1) is 14.0. The van der Waals surface area contributed by atoms with Crippen LogP contribution in [0.2, 0.25) is 0 Å². The van der Waals surface area contributed by atoms with E-state index in [0.717, 1.165) is 56.3 Å². The molecule has 0 saturated heterocycles. The van der Waals surface area contributed by atoms with Crippen LogP contribution in [-0.2, 0) is 4.79 Å². The molecule has 2 rings (SSSR count). The second-order valence-electron chi connectivity index (χ2n) is 6.34. The van der Waals surface area contributed by atoms with Crippen LogP contribution in [0, 0.1) is 17.8 Å². The van der Waals surface area contributed by atoms with E-state index in [4.69, 9.17) is 0 Å². The zero-order valence-corrected chi connectivity index (χ0v) is 11.5. The molecule has 0 amide bonds. The molecule has 0 aromatic heterocycles. The van der Waals surface area contributed by atoms with Crippen molar-refractivity contribution in [2.45, 2.75) is 70.6 Å². The van der Waals surface area contributed by atoms with Crippen LogP contribution >= 0.6 is 0 Å². The smallest absolute Gasteiger partial charge is 0.132 e. The lowest BCUT2D eigenvalue weighted by atomic mass is 9.70. The van der Waals surface area contributed by atoms with Crippen molar-refractivity contribution in [3.63, 3.8) is 0 Å². The fraction of sp³-hybridized carbons (Fsp3) is 0.938. The third kappa shape index (κ3) is 4.07. The summed E-state index contributed by atoms with van der Waals surface area (Å²) in [6.45, 7) is -0.147. The topological polar surface area (TPSA) is 17.1 Å². The van der Waals surface area contributed by atoms with Gasteiger partial charge in [-0.05, 0) is 49.9 Å². The van der Waals surface area contributed by atoms with Crippen LogP contribution in [0.3, 0.4) is 0 Å². The van der Waals surface area contributed by atoms with Crippen molar-refractivity contribution in [2.24, 2.45) is 17.8 Å². The number of ketones is 1. The molecular weight excluding hydrogens is 227 g/mol. The molecule has 2 aliphatic rings. The summed E-state index contributed by atoms with van der Waals surface area (Å²) in [6, 6.07) is 0. The molecule has 0 heterocycles. The number of carbonyl (C=O) groups is 1. The predicted molar refractivity (Wildman–Crippen MR) is 72.2 cm³/mol. The Morgan fingerprint density at radius 3 is 2.11 bits per heavy atom. The van der Waals surface area contributed by atoms with Gasteiger partial charge >= 0.3 is 0 Å². The second kappa shape index (κ2) is 7.25. The summed E-state index contributed by atoms with van der Waals surface area (Å²) in [5.74, 6) is 3.05. The van der Waals surface area contributed by atoms with E-state index in [2.05, 4.69) is 0 Å². The number of hydrogen-bond donors (Lipinski definition) is 0. The maximum Gasteiger partial charge on any atom is 0.132 e. The lowest BCUT2D eigenvalue weighted by Gasteiger charge is -2.35. The van der Waals surface area contributed by atoms with E-state index in [1.165, 1.54) is 32.1 Å². The van der Waals surface area contributed by atoms with Gasteiger partial charge in [-0.15, -0.1) is 0 Å². The third-order valence-corrected chi connectivity index (χ3v) is 5.14. The molecule has 2 fully saturated rings. The Balaban J connectivity index is 1.65. The minimum atomic E-state index is -0.147. The summed E-state index contributed by atoms with van der Waals surface area (Å²) in [4.78, 5) is 11.3. The van der Waals surface area contributed by atoms with Crippen molar-refractivity contribution < 1.29 is 9.18 Å². The average molecular weight is 254 g/mol. The molecule has 0 aliphatic heterocycles. The van der Waals surface area contributed by atoms with Gasteiger partial charge in [0.2, 0.25) is 0 Å². The Labute approximate surface area is 111 Å². The van der Waals surface area contributed by atoms with E-state index >= 15 is 0 Å². The number of Topliss-reactive ketones (excluding diaryl/α,β-unsaturated/α-hetero) is 1. The zero-order valence-electron chi connectivity index (χ0n) is 11.5. The van der Waals surface area contributed by atoms with Crippen molar-refractivity contribution >= 4 is 5.78 Å². The van der Waals surface area contributed by atoms with Gasteiger partial charge in [0.25, 0.3) is 0 Å². The fourth-order valence-corrected chi connectivity index (χ4v) is 3.91. The van der Waals surface area contributed by atoms with Crippen LogP contribution in [0.1, 0.15) is 70.6 Å². The number of hydrogen-bond acceptors (Lipinski definition) is 1. The average Bonchev–Trinajstić information content (AvgIpc) is 2.41. The van der Waals surface area contributed by atoms with Gasteiger partial charge in [0.1, 0.15) is 5.78 Å². The van der Waals surface area contributed by atoms with Crippen LogP contribution in [0.15, 0.2) is 0 Å². The van der Waals surface area contributed by atoms with Gasteiger partial charge < -0.3 is 0 Å². The van der Waals surface area contributed by atoms with Crippen LogP contribution in [-0.4, -0.2) is 12.5 Å². The molecule has 0 unspecified atom stereocenters. The van der Waals surface area contributed by atoms with Crippen molar-refractivity contribution in [2.75, 3.05) is 6.67 Å². The van der Waals surface area contributed by atoms with Gasteiger partial charge in [0.15, 0.2) is 0 Å². The molecule has 0 spiro atoms. The maximum atomic E-state index is 12.1. The van der Waals surface area contributed by atoms with Gasteiger partial charge in [-0.1, -0.05) is 25.7 Å². The van der Waals surface area contributed by atoms with Gasteiger partial charge in [-0.3, -0.25) is 9.18 Å². The molecule has 2 saturated carbocycles. The van der Waals surface area contributed by atoms with Crippen molar-refractivity contribution in [1.29, 1.82) is 0 Å². The highest BCUT2D eigenvalue weighted by atomic mass is 19.1. The molecular formula is C16H27FO. The van der Waals surface area contributed by atoms with Crippen LogP contribution in [0.5, 0.6) is 0 Å². The number of carbonyl (C=O) groups excluding carboxylic acids is 1. The number of unbranched alkanes of at least 4 members (excludes halogenated alkanes) is 1. The van der Waals surface area contributed by atoms with Gasteiger partial charge in [-0.2, -0.15) is 0 Å². The highest BCUT2D eigenvalue weighted by Crippen LogP contribution is 2.40. The molecule has 0 atom stereocenters. The van der Waals surface area contributed by atoms with Crippen LogP contribution < -0.4 is 0 Å². The van der Waals surface area contributed by atoms with E-state index < -0.39 is 0 Å². The summed E-state index contributed by atoms with van der Waals surface area (Å²) in [5.41, 5.74) is 0. The summed E-state index contributed by atoms with van der Waals surface area (Å²) in [5, 5.41) is 0. The van der Waals surface area contributed by atoms with E-state index in [9.17, 15) is 9.18 Å². The Bertz CT molecular complexity index is 246. The Morgan fingerprint density at radius 2 is 1.50 bits per heavy atom. The molecule has 0 aromatic rings. The highest BCUT2D eigenvalue weighted by molar-refractivity contribution is 5.79. The molecule has 0 bridgehead atoms. The third-order valence-electron chi connectivity index (χ3n) is 5.14. The van der Waals surface area contributed by atoms with Gasteiger partial charge in [0.05, 0.1) is 6.67 Å². The van der Waals surface area contributed by atoms with Crippen molar-refractivity contribution in [3.05, 3.63) is 0 Å². The largest absolute Gasteiger partial charge is 0.300 e. The normalized spacial score (nSPS) is 30.6. The quantitative estimate of drug-likeness (QED) is 0.650. The minimum absolute atomic E-state index is 0.147. The summed E-state index contributed by atoms with van der Waals surface area (Å²) in [7, 11) is 0. The number of rotatable bonds is 5. The van der Waals surface area contributed by atoms with E-state index in [-0.39, 0.29) is 6.67 Å². The maximum absolute atomic E-state index is 12.1. The standard InChI is InChI=1S/C16H27FO/c17-12-2-1-3-13-4-6-14(7-5-13)15-8-10-16(18)11-9-15/h13-15H,1-12H2. The Morgan fingerprint density at radius 1 is 0.889 bits per heavy atom. The molecule has 0 aromatic carbocycles. The van der Waals surface area contributed by atoms with E-state index in [1.54, 1.807) is 0 Å². The monoisotopic (exact) mass is 254 g/mol. The lowest BCUT2D eigenvalue weighted by molar-refractivity contribution is -0.121. The zero-order chi connectivity index (χ0) is 12.8. The lowest BCUT2D eigenvalue weighted by Crippen LogP contribution is -2.25. The highest BCUT2D eigenvalue weighted by Gasteiger charge is 2.29. The molecule has 18 heavy (non-hydrogen) atoms. The molecule has 2 aliphatic carbocycles. The molecule has 0 radical (unpaired) electrons. The summed E-state index contributed by atoms with van der Waals surface area (Å²) >= 11 is 0. The van der Waals surface area contributed by atoms with Crippen molar-refractivity contribution in [1.82, 2.24) is 0 Å². The first-order valence-electron chi connectivity index (χ1n) is 7.87. The number of halogens is 1. The van der Waals surface area contributed by atoms with Crippen LogP contribution in [0.25, 0.3) is 0 Å². The SMILES string of the molecule is O=C1CCC(C2CCC(CCCCF)CC2)CC1. The first-order valence-corrected chi connectivity index (χ1v) is 7.87. The molecule has 0 N–H and O–H groups in total. The predicted octanol–water partition coefficient (Wildman–Crippen LogP) is 4.69. The minimum Gasteiger partial charge on any atom is -0.300 e. The molecule has 2 heteroatoms. The fourth-order valence-electron chi connectivity index (χ4n) is 3.91. The Kier molecular flexibility index (Phi) is 5.65. The first-order chi connectivity index (χ1) is 8.79. The second-order valence-corrected chi connectivity index (χ2v) is 6.34. The molecule has 1 nitrogen and oxygen atoms in total. The molecule has 104 valence electrons. The summed E-state index contributed by atoms with van der Waals surface area (Å²) in [6.07, 6.45) is 12.4. The van der Waals surface area contributed by atoms with E-state index in [1.807, 2.05) is 0 Å². The number of alkyl halides is 1. The van der Waals surface area contributed by atoms with Crippen molar-refractivity contribution in [3.8, 4) is 0 Å². The summed E-state index contributed by atoms with van der Waals surface area (Å²) < 4.78 is 12.1. The van der Waals surface area contributed by atoms with Gasteiger partial charge in [-0.25, -0.2) is 0 Å².